The molecule has 4 heteroatoms. The number of hydrogen-bond acceptors (Lipinski definition) is 4. The van der Waals surface area contributed by atoms with Gasteiger partial charge in [0.2, 0.25) is 0 Å². The summed E-state index contributed by atoms with van der Waals surface area (Å²) in [5.41, 5.74) is -0.0165. The number of methoxy groups -OCH3 is 1. The van der Waals surface area contributed by atoms with E-state index in [1.54, 1.807) is 7.11 Å². The molecule has 0 heterocycles. The molecular weight excluding hydrogens is 170 g/mol. The molecule has 0 saturated carbocycles. The Kier molecular flexibility index (Phi) is 7.17. The van der Waals surface area contributed by atoms with Gasteiger partial charge in [-0.1, -0.05) is 0 Å². The van der Waals surface area contributed by atoms with Crippen molar-refractivity contribution < 1.29 is 14.6 Å². The molecule has 0 fully saturated rings. The summed E-state index contributed by atoms with van der Waals surface area (Å²) in [5.74, 6) is 0. The van der Waals surface area contributed by atoms with E-state index in [0.717, 1.165) is 6.54 Å². The second-order valence-electron chi connectivity index (χ2n) is 3.58. The summed E-state index contributed by atoms with van der Waals surface area (Å²) < 4.78 is 10.1. The highest BCUT2D eigenvalue weighted by molar-refractivity contribution is 4.76. The average molecular weight is 191 g/mol. The van der Waals surface area contributed by atoms with Gasteiger partial charge in [0, 0.05) is 19.2 Å². The van der Waals surface area contributed by atoms with Gasteiger partial charge in [-0.25, -0.2) is 0 Å². The van der Waals surface area contributed by atoms with Gasteiger partial charge in [0.1, 0.15) is 0 Å². The van der Waals surface area contributed by atoms with Crippen molar-refractivity contribution >= 4 is 0 Å². The highest BCUT2D eigenvalue weighted by Gasteiger charge is 2.15. The lowest BCUT2D eigenvalue weighted by Crippen LogP contribution is -2.44. The molecule has 0 aromatic rings. The number of ether oxygens (including phenoxy) is 2. The molecule has 0 bridgehead atoms. The summed E-state index contributed by atoms with van der Waals surface area (Å²) in [7, 11) is 1.69. The third-order valence-electron chi connectivity index (χ3n) is 1.59. The first-order valence-corrected chi connectivity index (χ1v) is 4.55. The van der Waals surface area contributed by atoms with Crippen LogP contribution in [0.15, 0.2) is 0 Å². The first-order valence-electron chi connectivity index (χ1n) is 4.55. The predicted molar refractivity (Wildman–Crippen MR) is 51.9 cm³/mol. The van der Waals surface area contributed by atoms with Gasteiger partial charge in [0.25, 0.3) is 0 Å². The molecule has 0 aromatic heterocycles. The van der Waals surface area contributed by atoms with Crippen LogP contribution in [0.3, 0.4) is 0 Å². The zero-order valence-electron chi connectivity index (χ0n) is 8.80. The zero-order valence-corrected chi connectivity index (χ0v) is 8.80. The lowest BCUT2D eigenvalue weighted by Gasteiger charge is -2.25. The number of aliphatic hydroxyl groups excluding tert-OH is 1. The van der Waals surface area contributed by atoms with Crippen LogP contribution in [0.1, 0.15) is 13.8 Å². The molecule has 0 aliphatic rings. The van der Waals surface area contributed by atoms with Crippen molar-refractivity contribution in [1.82, 2.24) is 5.32 Å². The Labute approximate surface area is 80.2 Å². The molecule has 0 aromatic carbocycles. The summed E-state index contributed by atoms with van der Waals surface area (Å²) in [6.07, 6.45) is 0. The molecule has 0 aliphatic carbocycles. The quantitative estimate of drug-likeness (QED) is 0.531. The smallest absolute Gasteiger partial charge is 0.0698 e. The SMILES string of the molecule is COCC(C)(C)NCCOCCO. The summed E-state index contributed by atoms with van der Waals surface area (Å²) >= 11 is 0. The summed E-state index contributed by atoms with van der Waals surface area (Å²) in [4.78, 5) is 0. The second kappa shape index (κ2) is 7.26. The Hall–Kier alpha value is -0.160. The van der Waals surface area contributed by atoms with Crippen molar-refractivity contribution in [3.63, 3.8) is 0 Å². The van der Waals surface area contributed by atoms with Crippen LogP contribution in [0.25, 0.3) is 0 Å². The largest absolute Gasteiger partial charge is 0.394 e. The van der Waals surface area contributed by atoms with E-state index < -0.39 is 0 Å². The Morgan fingerprint density at radius 1 is 1.31 bits per heavy atom. The number of hydrogen-bond donors (Lipinski definition) is 2. The van der Waals surface area contributed by atoms with Gasteiger partial charge in [-0.15, -0.1) is 0 Å². The van der Waals surface area contributed by atoms with Gasteiger partial charge in [-0.3, -0.25) is 0 Å². The summed E-state index contributed by atoms with van der Waals surface area (Å²) in [6, 6.07) is 0. The molecule has 0 saturated heterocycles. The Bertz CT molecular complexity index is 117. The van der Waals surface area contributed by atoms with Gasteiger partial charge in [-0.2, -0.15) is 0 Å². The second-order valence-corrected chi connectivity index (χ2v) is 3.58. The highest BCUT2D eigenvalue weighted by atomic mass is 16.5. The van der Waals surface area contributed by atoms with Crippen LogP contribution in [-0.2, 0) is 9.47 Å². The van der Waals surface area contributed by atoms with E-state index >= 15 is 0 Å². The highest BCUT2D eigenvalue weighted by Crippen LogP contribution is 2.00. The van der Waals surface area contributed by atoms with Gasteiger partial charge in [-0.05, 0) is 13.8 Å². The number of aliphatic hydroxyl groups is 1. The summed E-state index contributed by atoms with van der Waals surface area (Å²) in [5, 5.41) is 11.7. The van der Waals surface area contributed by atoms with Gasteiger partial charge < -0.3 is 19.9 Å². The molecule has 0 unspecified atom stereocenters. The third-order valence-corrected chi connectivity index (χ3v) is 1.59. The van der Waals surface area contributed by atoms with Crippen LogP contribution >= 0.6 is 0 Å². The maximum atomic E-state index is 8.44. The van der Waals surface area contributed by atoms with Gasteiger partial charge in [0.05, 0.1) is 26.4 Å². The van der Waals surface area contributed by atoms with E-state index in [9.17, 15) is 0 Å². The third kappa shape index (κ3) is 8.18. The molecule has 0 atom stereocenters. The fourth-order valence-corrected chi connectivity index (χ4v) is 1.04. The molecule has 0 aliphatic heterocycles. The maximum absolute atomic E-state index is 8.44. The lowest BCUT2D eigenvalue weighted by molar-refractivity contribution is 0.0812. The Morgan fingerprint density at radius 3 is 2.54 bits per heavy atom. The average Bonchev–Trinajstić information content (AvgIpc) is 2.04. The van der Waals surface area contributed by atoms with E-state index in [1.165, 1.54) is 0 Å². The van der Waals surface area contributed by atoms with Crippen LogP contribution in [0.4, 0.5) is 0 Å². The molecule has 2 N–H and O–H groups in total. The molecule has 13 heavy (non-hydrogen) atoms. The molecule has 80 valence electrons. The number of nitrogens with one attached hydrogen (secondary N) is 1. The van der Waals surface area contributed by atoms with Crippen LogP contribution in [0.5, 0.6) is 0 Å². The van der Waals surface area contributed by atoms with Crippen molar-refractivity contribution in [3.05, 3.63) is 0 Å². The molecular formula is C9H21NO3. The van der Waals surface area contributed by atoms with Crippen LogP contribution in [0.2, 0.25) is 0 Å². The van der Waals surface area contributed by atoms with E-state index in [1.807, 2.05) is 0 Å². The van der Waals surface area contributed by atoms with Crippen LogP contribution in [-0.4, -0.2) is 50.7 Å². The minimum Gasteiger partial charge on any atom is -0.394 e. The van der Waals surface area contributed by atoms with E-state index in [0.29, 0.717) is 19.8 Å². The zero-order chi connectivity index (χ0) is 10.2. The van der Waals surface area contributed by atoms with Crippen molar-refractivity contribution in [2.75, 3.05) is 40.1 Å². The molecule has 0 spiro atoms. The van der Waals surface area contributed by atoms with Crippen molar-refractivity contribution in [1.29, 1.82) is 0 Å². The Morgan fingerprint density at radius 2 is 2.00 bits per heavy atom. The van der Waals surface area contributed by atoms with E-state index in [-0.39, 0.29) is 12.1 Å². The maximum Gasteiger partial charge on any atom is 0.0698 e. The minimum absolute atomic E-state index is 0.0165. The van der Waals surface area contributed by atoms with Gasteiger partial charge >= 0.3 is 0 Å². The van der Waals surface area contributed by atoms with E-state index in [4.69, 9.17) is 14.6 Å². The van der Waals surface area contributed by atoms with Gasteiger partial charge in [0.15, 0.2) is 0 Å². The summed E-state index contributed by atoms with van der Waals surface area (Å²) in [6.45, 7) is 6.70. The molecule has 4 nitrogen and oxygen atoms in total. The topological polar surface area (TPSA) is 50.7 Å². The van der Waals surface area contributed by atoms with E-state index in [2.05, 4.69) is 19.2 Å². The van der Waals surface area contributed by atoms with Crippen LogP contribution in [0, 0.1) is 0 Å². The Balaban J connectivity index is 3.29. The van der Waals surface area contributed by atoms with Crippen molar-refractivity contribution in [3.8, 4) is 0 Å². The van der Waals surface area contributed by atoms with Crippen molar-refractivity contribution in [2.24, 2.45) is 0 Å². The van der Waals surface area contributed by atoms with Crippen LogP contribution < -0.4 is 5.32 Å². The first-order chi connectivity index (χ1) is 6.12. The monoisotopic (exact) mass is 191 g/mol. The predicted octanol–water partition coefficient (Wildman–Crippen LogP) is 0.00990. The molecule has 0 rings (SSSR count). The first kappa shape index (κ1) is 12.8. The minimum atomic E-state index is -0.0165. The number of rotatable bonds is 8. The lowest BCUT2D eigenvalue weighted by atomic mass is 10.1. The molecule has 0 radical (unpaired) electrons. The molecule has 0 amide bonds. The standard InChI is InChI=1S/C9H21NO3/c1-9(2,8-12-3)10-4-6-13-7-5-11/h10-11H,4-8H2,1-3H3. The normalized spacial score (nSPS) is 12.0. The fraction of sp³-hybridized carbons (Fsp3) is 1.00. The fourth-order valence-electron chi connectivity index (χ4n) is 1.04. The van der Waals surface area contributed by atoms with Crippen molar-refractivity contribution in [2.45, 2.75) is 19.4 Å².